The van der Waals surface area contributed by atoms with E-state index in [9.17, 15) is 13.2 Å². The van der Waals surface area contributed by atoms with Crippen LogP contribution in [0, 0.1) is 6.92 Å². The second-order valence-corrected chi connectivity index (χ2v) is 7.88. The number of carbonyl (C=O) groups is 1. The summed E-state index contributed by atoms with van der Waals surface area (Å²) in [6.45, 7) is 1.43. The highest BCUT2D eigenvalue weighted by Gasteiger charge is 2.23. The molecule has 0 N–H and O–H groups in total. The van der Waals surface area contributed by atoms with Crippen LogP contribution in [0.4, 0.5) is 0 Å². The number of hydrogen-bond donors (Lipinski definition) is 0. The average Bonchev–Trinajstić information content (AvgIpc) is 3.39. The normalized spacial score (nSPS) is 14.5. The van der Waals surface area contributed by atoms with E-state index in [1.165, 1.54) is 30.5 Å². The van der Waals surface area contributed by atoms with E-state index >= 15 is 0 Å². The second kappa shape index (κ2) is 6.87. The minimum atomic E-state index is -3.89. The highest BCUT2D eigenvalue weighted by atomic mass is 32.2. The molecule has 0 saturated heterocycles. The van der Waals surface area contributed by atoms with Crippen LogP contribution in [-0.2, 0) is 25.5 Å². The molecule has 0 aliphatic heterocycles. The smallest absolute Gasteiger partial charge is 0.297 e. The predicted octanol–water partition coefficient (Wildman–Crippen LogP) is 3.39. The van der Waals surface area contributed by atoms with Crippen molar-refractivity contribution < 1.29 is 17.4 Å². The van der Waals surface area contributed by atoms with E-state index in [-0.39, 0.29) is 17.1 Å². The lowest BCUT2D eigenvalue weighted by Gasteiger charge is -2.06. The monoisotopic (exact) mass is 344 g/mol. The van der Waals surface area contributed by atoms with Gasteiger partial charge < -0.3 is 0 Å². The lowest BCUT2D eigenvalue weighted by atomic mass is 10.0. The third-order valence-electron chi connectivity index (χ3n) is 4.11. The molecule has 1 fully saturated rings. The van der Waals surface area contributed by atoms with Crippen molar-refractivity contribution in [1.82, 2.24) is 0 Å². The molecule has 0 amide bonds. The van der Waals surface area contributed by atoms with Gasteiger partial charge in [0.05, 0.1) is 4.90 Å². The highest BCUT2D eigenvalue weighted by Crippen LogP contribution is 2.39. The summed E-state index contributed by atoms with van der Waals surface area (Å²) in [6, 6.07) is 14.3. The van der Waals surface area contributed by atoms with Crippen molar-refractivity contribution >= 4 is 15.9 Å². The van der Waals surface area contributed by atoms with E-state index in [4.69, 9.17) is 4.18 Å². The van der Waals surface area contributed by atoms with Gasteiger partial charge in [-0.15, -0.1) is 0 Å². The van der Waals surface area contributed by atoms with Crippen LogP contribution < -0.4 is 0 Å². The molecule has 2 aromatic carbocycles. The van der Waals surface area contributed by atoms with Gasteiger partial charge >= 0.3 is 0 Å². The van der Waals surface area contributed by atoms with Crippen molar-refractivity contribution in [1.29, 1.82) is 0 Å². The van der Waals surface area contributed by atoms with E-state index in [2.05, 4.69) is 0 Å². The average molecular weight is 344 g/mol. The van der Waals surface area contributed by atoms with Crippen LogP contribution in [0.25, 0.3) is 0 Å². The number of carbonyl (C=O) groups excluding carboxylic acids is 1. The Morgan fingerprint density at radius 3 is 2.25 bits per heavy atom. The minimum Gasteiger partial charge on any atom is -0.297 e. The van der Waals surface area contributed by atoms with Gasteiger partial charge in [0.2, 0.25) is 0 Å². The van der Waals surface area contributed by atoms with Gasteiger partial charge in [0.15, 0.2) is 5.78 Å². The first kappa shape index (κ1) is 16.9. The van der Waals surface area contributed by atoms with Crippen LogP contribution in [0.3, 0.4) is 0 Å². The van der Waals surface area contributed by atoms with Crippen LogP contribution in [0.5, 0.6) is 0 Å². The topological polar surface area (TPSA) is 60.4 Å². The van der Waals surface area contributed by atoms with Crippen LogP contribution >= 0.6 is 0 Å². The fourth-order valence-corrected chi connectivity index (χ4v) is 3.41. The van der Waals surface area contributed by atoms with Crippen LogP contribution in [0.2, 0.25) is 0 Å². The van der Waals surface area contributed by atoms with Gasteiger partial charge in [-0.1, -0.05) is 42.0 Å². The highest BCUT2D eigenvalue weighted by molar-refractivity contribution is 7.86. The fraction of sp³-hybridized carbons (Fsp3) is 0.316. The number of hydrogen-bond acceptors (Lipinski definition) is 4. The van der Waals surface area contributed by atoms with Crippen molar-refractivity contribution in [2.75, 3.05) is 6.61 Å². The first-order chi connectivity index (χ1) is 11.4. The van der Waals surface area contributed by atoms with Gasteiger partial charge in [-0.3, -0.25) is 8.98 Å². The number of Topliss-reactive ketones (excluding diaryl/α,β-unsaturated/α-hetero) is 1. The fourth-order valence-electron chi connectivity index (χ4n) is 2.52. The molecule has 1 aliphatic rings. The Balaban J connectivity index is 1.55. The predicted molar refractivity (Wildman–Crippen MR) is 91.4 cm³/mol. The maximum atomic E-state index is 12.1. The van der Waals surface area contributed by atoms with Crippen molar-refractivity contribution in [3.63, 3.8) is 0 Å². The minimum absolute atomic E-state index is 0.0645. The van der Waals surface area contributed by atoms with E-state index in [0.717, 1.165) is 11.1 Å². The molecule has 0 atom stereocenters. The number of ketones is 1. The van der Waals surface area contributed by atoms with E-state index in [1.54, 1.807) is 12.1 Å². The van der Waals surface area contributed by atoms with Gasteiger partial charge in [0, 0.05) is 6.42 Å². The molecule has 0 heterocycles. The number of aryl methyl sites for hydroxylation is 1. The Labute approximate surface area is 142 Å². The van der Waals surface area contributed by atoms with Crippen LogP contribution in [-0.4, -0.2) is 20.8 Å². The zero-order valence-corrected chi connectivity index (χ0v) is 14.4. The molecule has 24 heavy (non-hydrogen) atoms. The third-order valence-corrected chi connectivity index (χ3v) is 5.39. The lowest BCUT2D eigenvalue weighted by molar-refractivity contribution is -0.120. The Kier molecular flexibility index (Phi) is 4.83. The van der Waals surface area contributed by atoms with Gasteiger partial charge in [0.1, 0.15) is 6.61 Å². The summed E-state index contributed by atoms with van der Waals surface area (Å²) in [5.74, 6) is 0.419. The van der Waals surface area contributed by atoms with Crippen molar-refractivity contribution in [3.8, 4) is 0 Å². The van der Waals surface area contributed by atoms with E-state index in [1.807, 2.05) is 31.2 Å². The molecule has 5 heteroatoms. The Morgan fingerprint density at radius 2 is 1.67 bits per heavy atom. The Morgan fingerprint density at radius 1 is 1.04 bits per heavy atom. The molecule has 0 spiro atoms. The molecule has 1 aliphatic carbocycles. The first-order valence-corrected chi connectivity index (χ1v) is 9.41. The lowest BCUT2D eigenvalue weighted by Crippen LogP contribution is -2.16. The zero-order chi connectivity index (χ0) is 17.2. The van der Waals surface area contributed by atoms with E-state index < -0.39 is 16.7 Å². The largest absolute Gasteiger partial charge is 0.297 e. The molecule has 1 saturated carbocycles. The van der Waals surface area contributed by atoms with Gasteiger partial charge in [0.25, 0.3) is 10.1 Å². The molecule has 3 rings (SSSR count). The number of rotatable bonds is 7. The van der Waals surface area contributed by atoms with Crippen LogP contribution in [0.1, 0.15) is 35.4 Å². The third kappa shape index (κ3) is 4.30. The molecule has 0 bridgehead atoms. The summed E-state index contributed by atoms with van der Waals surface area (Å²) in [4.78, 5) is 12.1. The maximum Gasteiger partial charge on any atom is 0.297 e. The first-order valence-electron chi connectivity index (χ1n) is 8.01. The van der Waals surface area contributed by atoms with Gasteiger partial charge in [-0.2, -0.15) is 8.42 Å². The summed E-state index contributed by atoms with van der Waals surface area (Å²) < 4.78 is 29.0. The molecular formula is C19H20O4S. The molecule has 2 aromatic rings. The summed E-state index contributed by atoms with van der Waals surface area (Å²) in [6.07, 6.45) is 2.65. The summed E-state index contributed by atoms with van der Waals surface area (Å²) in [7, 11) is -3.89. The van der Waals surface area contributed by atoms with Crippen molar-refractivity contribution in [2.45, 2.75) is 37.0 Å². The Bertz CT molecular complexity index is 817. The Hall–Kier alpha value is -1.98. The number of benzene rings is 2. The molecule has 126 valence electrons. The molecule has 0 radical (unpaired) electrons. The summed E-state index contributed by atoms with van der Waals surface area (Å²) in [5.41, 5.74) is 3.14. The zero-order valence-electron chi connectivity index (χ0n) is 13.6. The SMILES string of the molecule is Cc1ccc(S(=O)(=O)OCC(=O)Cc2ccc(C3CC3)cc2)cc1. The summed E-state index contributed by atoms with van der Waals surface area (Å²) >= 11 is 0. The van der Waals surface area contributed by atoms with Crippen LogP contribution in [0.15, 0.2) is 53.4 Å². The molecule has 4 nitrogen and oxygen atoms in total. The maximum absolute atomic E-state index is 12.1. The standard InChI is InChI=1S/C19H20O4S/c1-14-2-10-19(11-3-14)24(21,22)23-13-18(20)12-15-4-6-16(7-5-15)17-8-9-17/h2-7,10-11,17H,8-9,12-13H2,1H3. The molecule has 0 aromatic heterocycles. The quantitative estimate of drug-likeness (QED) is 0.722. The van der Waals surface area contributed by atoms with Gasteiger partial charge in [-0.05, 0) is 48.9 Å². The molecule has 0 unspecified atom stereocenters. The second-order valence-electron chi connectivity index (χ2n) is 6.26. The van der Waals surface area contributed by atoms with Crippen molar-refractivity contribution in [3.05, 3.63) is 65.2 Å². The molecular weight excluding hydrogens is 324 g/mol. The van der Waals surface area contributed by atoms with E-state index in [0.29, 0.717) is 5.92 Å². The van der Waals surface area contributed by atoms with Gasteiger partial charge in [-0.25, -0.2) is 0 Å². The van der Waals surface area contributed by atoms with Crippen molar-refractivity contribution in [2.24, 2.45) is 0 Å². The summed E-state index contributed by atoms with van der Waals surface area (Å²) in [5, 5.41) is 0.